The Kier molecular flexibility index (Phi) is 3.55. The molecule has 6 nitrogen and oxygen atoms in total. The zero-order valence-corrected chi connectivity index (χ0v) is 9.74. The quantitative estimate of drug-likeness (QED) is 0.789. The lowest BCUT2D eigenvalue weighted by Crippen LogP contribution is -2.41. The molecule has 0 spiro atoms. The zero-order chi connectivity index (χ0) is 11.4. The van der Waals surface area contributed by atoms with E-state index in [1.54, 1.807) is 0 Å². The van der Waals surface area contributed by atoms with Crippen LogP contribution < -0.4 is 5.32 Å². The molecule has 0 saturated carbocycles. The summed E-state index contributed by atoms with van der Waals surface area (Å²) in [5, 5.41) is 6.90. The van der Waals surface area contributed by atoms with Gasteiger partial charge in [-0.25, -0.2) is 8.42 Å². The third-order valence-electron chi connectivity index (χ3n) is 2.65. The lowest BCUT2D eigenvalue weighted by atomic mass is 10.2. The summed E-state index contributed by atoms with van der Waals surface area (Å²) >= 11 is 0. The number of sulfone groups is 1. The first-order valence-corrected chi connectivity index (χ1v) is 7.17. The fourth-order valence-corrected chi connectivity index (χ4v) is 3.55. The first-order valence-electron chi connectivity index (χ1n) is 5.35. The average molecular weight is 245 g/mol. The predicted molar refractivity (Wildman–Crippen MR) is 57.7 cm³/mol. The number of hydrogen-bond donors (Lipinski definition) is 1. The molecule has 1 unspecified atom stereocenters. The molecule has 2 rings (SSSR count). The summed E-state index contributed by atoms with van der Waals surface area (Å²) < 4.78 is 27.4. The standard InChI is InChI=1S/C9H15N3O3S/c13-16(14)5-1-2-8(6-16)10-4-3-9-11-7-15-12-9/h7-8,10H,1-6H2. The lowest BCUT2D eigenvalue weighted by molar-refractivity contribution is 0.407. The van der Waals surface area contributed by atoms with Crippen LogP contribution in [-0.4, -0.2) is 42.7 Å². The Labute approximate surface area is 94.3 Å². The monoisotopic (exact) mass is 245 g/mol. The molecule has 16 heavy (non-hydrogen) atoms. The second-order valence-electron chi connectivity index (χ2n) is 4.01. The Bertz CT molecular complexity index is 415. The van der Waals surface area contributed by atoms with Gasteiger partial charge >= 0.3 is 0 Å². The van der Waals surface area contributed by atoms with Crippen LogP contribution in [0, 0.1) is 0 Å². The smallest absolute Gasteiger partial charge is 0.213 e. The van der Waals surface area contributed by atoms with Crippen LogP contribution in [0.3, 0.4) is 0 Å². The van der Waals surface area contributed by atoms with Crippen molar-refractivity contribution in [1.29, 1.82) is 0 Å². The topological polar surface area (TPSA) is 85.1 Å². The van der Waals surface area contributed by atoms with Crippen molar-refractivity contribution in [2.45, 2.75) is 25.3 Å². The second-order valence-corrected chi connectivity index (χ2v) is 6.23. The van der Waals surface area contributed by atoms with Crippen molar-refractivity contribution in [2.75, 3.05) is 18.1 Å². The predicted octanol–water partition coefficient (Wildman–Crippen LogP) is -0.221. The summed E-state index contributed by atoms with van der Waals surface area (Å²) in [7, 11) is -2.83. The van der Waals surface area contributed by atoms with Crippen molar-refractivity contribution in [2.24, 2.45) is 0 Å². The van der Waals surface area contributed by atoms with Crippen LogP contribution in [0.2, 0.25) is 0 Å². The van der Waals surface area contributed by atoms with E-state index in [9.17, 15) is 8.42 Å². The van der Waals surface area contributed by atoms with Crippen LogP contribution in [0.15, 0.2) is 10.9 Å². The van der Waals surface area contributed by atoms with Gasteiger partial charge in [0.2, 0.25) is 6.39 Å². The summed E-state index contributed by atoms with van der Waals surface area (Å²) in [5.41, 5.74) is 0. The van der Waals surface area contributed by atoms with Gasteiger partial charge < -0.3 is 9.84 Å². The SMILES string of the molecule is O=S1(=O)CCCC(NCCc2ncon2)C1. The Morgan fingerprint density at radius 3 is 3.12 bits per heavy atom. The van der Waals surface area contributed by atoms with Crippen molar-refractivity contribution < 1.29 is 12.9 Å². The van der Waals surface area contributed by atoms with E-state index < -0.39 is 9.84 Å². The zero-order valence-electron chi connectivity index (χ0n) is 8.92. The van der Waals surface area contributed by atoms with Gasteiger partial charge in [-0.3, -0.25) is 0 Å². The van der Waals surface area contributed by atoms with Crippen LogP contribution in [0.4, 0.5) is 0 Å². The molecule has 1 aromatic heterocycles. The first-order chi connectivity index (χ1) is 7.66. The summed E-state index contributed by atoms with van der Waals surface area (Å²) in [6.45, 7) is 0.680. The molecule has 1 atom stereocenters. The molecule has 1 aliphatic rings. The summed E-state index contributed by atoms with van der Waals surface area (Å²) in [5.74, 6) is 1.22. The molecule has 90 valence electrons. The van der Waals surface area contributed by atoms with Crippen LogP contribution in [0.5, 0.6) is 0 Å². The maximum atomic E-state index is 11.4. The number of nitrogens with one attached hydrogen (secondary N) is 1. The van der Waals surface area contributed by atoms with E-state index in [4.69, 9.17) is 0 Å². The minimum Gasteiger partial charge on any atom is -0.343 e. The minimum absolute atomic E-state index is 0.0747. The molecule has 0 aliphatic carbocycles. The second kappa shape index (κ2) is 4.92. The van der Waals surface area contributed by atoms with E-state index in [0.29, 0.717) is 24.5 Å². The largest absolute Gasteiger partial charge is 0.343 e. The van der Waals surface area contributed by atoms with Crippen molar-refractivity contribution in [3.8, 4) is 0 Å². The molecule has 2 heterocycles. The Hall–Kier alpha value is -0.950. The van der Waals surface area contributed by atoms with Gasteiger partial charge in [0.05, 0.1) is 11.5 Å². The van der Waals surface area contributed by atoms with Gasteiger partial charge in [-0.2, -0.15) is 4.98 Å². The lowest BCUT2D eigenvalue weighted by Gasteiger charge is -2.22. The Morgan fingerprint density at radius 1 is 1.56 bits per heavy atom. The van der Waals surface area contributed by atoms with Crippen molar-refractivity contribution in [3.05, 3.63) is 12.2 Å². The first kappa shape index (κ1) is 11.5. The minimum atomic E-state index is -2.83. The number of nitrogens with zero attached hydrogens (tertiary/aromatic N) is 2. The fraction of sp³-hybridized carbons (Fsp3) is 0.778. The van der Waals surface area contributed by atoms with Crippen LogP contribution in [0.1, 0.15) is 18.7 Å². The maximum Gasteiger partial charge on any atom is 0.213 e. The van der Waals surface area contributed by atoms with Gasteiger partial charge in [0.15, 0.2) is 15.7 Å². The molecule has 0 radical (unpaired) electrons. The molecule has 1 N–H and O–H groups in total. The molecule has 1 aromatic rings. The molecule has 0 aromatic carbocycles. The van der Waals surface area contributed by atoms with Gasteiger partial charge in [0, 0.05) is 19.0 Å². The number of rotatable bonds is 4. The van der Waals surface area contributed by atoms with E-state index in [1.807, 2.05) is 0 Å². The van der Waals surface area contributed by atoms with Gasteiger partial charge in [-0.1, -0.05) is 5.16 Å². The highest BCUT2D eigenvalue weighted by atomic mass is 32.2. The van der Waals surface area contributed by atoms with Crippen molar-refractivity contribution in [3.63, 3.8) is 0 Å². The molecular formula is C9H15N3O3S. The van der Waals surface area contributed by atoms with E-state index in [1.165, 1.54) is 6.39 Å². The average Bonchev–Trinajstić information content (AvgIpc) is 2.69. The highest BCUT2D eigenvalue weighted by molar-refractivity contribution is 7.91. The van der Waals surface area contributed by atoms with Gasteiger partial charge in [-0.15, -0.1) is 0 Å². The third-order valence-corrected chi connectivity index (χ3v) is 4.47. The fourth-order valence-electron chi connectivity index (χ4n) is 1.87. The van der Waals surface area contributed by atoms with E-state index in [2.05, 4.69) is 20.0 Å². The number of aromatic nitrogens is 2. The van der Waals surface area contributed by atoms with Gasteiger partial charge in [-0.05, 0) is 12.8 Å². The van der Waals surface area contributed by atoms with Crippen LogP contribution in [0.25, 0.3) is 0 Å². The molecule has 1 aliphatic heterocycles. The van der Waals surface area contributed by atoms with Crippen molar-refractivity contribution >= 4 is 9.84 Å². The number of hydrogen-bond acceptors (Lipinski definition) is 6. The van der Waals surface area contributed by atoms with Crippen LogP contribution >= 0.6 is 0 Å². The highest BCUT2D eigenvalue weighted by Crippen LogP contribution is 2.11. The van der Waals surface area contributed by atoms with Crippen molar-refractivity contribution in [1.82, 2.24) is 15.5 Å². The van der Waals surface area contributed by atoms with E-state index >= 15 is 0 Å². The molecule has 7 heteroatoms. The summed E-state index contributed by atoms with van der Waals surface area (Å²) in [6.07, 6.45) is 3.63. The normalized spacial score (nSPS) is 24.4. The van der Waals surface area contributed by atoms with Gasteiger partial charge in [0.25, 0.3) is 0 Å². The molecule has 0 bridgehead atoms. The Balaban J connectivity index is 1.74. The third kappa shape index (κ3) is 3.28. The van der Waals surface area contributed by atoms with E-state index in [-0.39, 0.29) is 11.8 Å². The summed E-state index contributed by atoms with van der Waals surface area (Å²) in [6, 6.07) is 0.0747. The molecule has 0 amide bonds. The maximum absolute atomic E-state index is 11.4. The Morgan fingerprint density at radius 2 is 2.44 bits per heavy atom. The molecule has 1 saturated heterocycles. The molecule has 1 fully saturated rings. The molecular weight excluding hydrogens is 230 g/mol. The summed E-state index contributed by atoms with van der Waals surface area (Å²) in [4.78, 5) is 3.89. The van der Waals surface area contributed by atoms with Crippen LogP contribution in [-0.2, 0) is 16.3 Å². The van der Waals surface area contributed by atoms with E-state index in [0.717, 1.165) is 12.8 Å². The van der Waals surface area contributed by atoms with Gasteiger partial charge in [0.1, 0.15) is 0 Å². The highest BCUT2D eigenvalue weighted by Gasteiger charge is 2.23.